The summed E-state index contributed by atoms with van der Waals surface area (Å²) in [6, 6.07) is 13.6. The fraction of sp³-hybridized carbons (Fsp3) is 0.125. The van der Waals surface area contributed by atoms with Crippen LogP contribution < -0.4 is 5.73 Å². The van der Waals surface area contributed by atoms with Crippen LogP contribution in [0, 0.1) is 0 Å². The van der Waals surface area contributed by atoms with Crippen LogP contribution in [0.2, 0.25) is 5.02 Å². The maximum absolute atomic E-state index is 6.31. The molecule has 102 valence electrons. The van der Waals surface area contributed by atoms with Crippen LogP contribution in [0.3, 0.4) is 0 Å². The van der Waals surface area contributed by atoms with Gasteiger partial charge in [0.1, 0.15) is 5.58 Å². The molecule has 0 radical (unpaired) electrons. The molecule has 0 saturated heterocycles. The summed E-state index contributed by atoms with van der Waals surface area (Å²) in [4.78, 5) is 0. The average Bonchev–Trinajstić information content (AvgIpc) is 2.86. The number of hydrogen-bond donors (Lipinski definition) is 1. The number of halogens is 2. The zero-order chi connectivity index (χ0) is 14.1. The van der Waals surface area contributed by atoms with Gasteiger partial charge in [-0.25, -0.2) is 0 Å². The van der Waals surface area contributed by atoms with Crippen LogP contribution in [-0.2, 0) is 6.42 Å². The number of para-hydroxylation sites is 1. The van der Waals surface area contributed by atoms with Crippen molar-refractivity contribution in [3.05, 3.63) is 69.3 Å². The van der Waals surface area contributed by atoms with Gasteiger partial charge in [0.2, 0.25) is 0 Å². The first-order chi connectivity index (χ1) is 9.65. The van der Waals surface area contributed by atoms with Gasteiger partial charge >= 0.3 is 0 Å². The van der Waals surface area contributed by atoms with Crippen molar-refractivity contribution in [1.82, 2.24) is 0 Å². The summed E-state index contributed by atoms with van der Waals surface area (Å²) in [6.45, 7) is 0. The first kappa shape index (κ1) is 13.7. The molecule has 0 aliphatic carbocycles. The lowest BCUT2D eigenvalue weighted by Gasteiger charge is -2.12. The van der Waals surface area contributed by atoms with Crippen LogP contribution in [0.15, 0.2) is 57.6 Å². The highest BCUT2D eigenvalue weighted by Gasteiger charge is 2.15. The molecule has 2 nitrogen and oxygen atoms in total. The summed E-state index contributed by atoms with van der Waals surface area (Å²) in [6.07, 6.45) is 2.41. The van der Waals surface area contributed by atoms with Crippen molar-refractivity contribution in [2.24, 2.45) is 5.73 Å². The van der Waals surface area contributed by atoms with Crippen molar-refractivity contribution in [3.63, 3.8) is 0 Å². The SMILES string of the molecule is NC(Cc1ccc(Br)cc1Cl)c1coc2ccccc12. The molecule has 20 heavy (non-hydrogen) atoms. The minimum atomic E-state index is -0.141. The highest BCUT2D eigenvalue weighted by Crippen LogP contribution is 2.29. The Balaban J connectivity index is 1.91. The summed E-state index contributed by atoms with van der Waals surface area (Å²) in [7, 11) is 0. The quantitative estimate of drug-likeness (QED) is 0.714. The van der Waals surface area contributed by atoms with Gasteiger partial charge < -0.3 is 10.2 Å². The zero-order valence-corrected chi connectivity index (χ0v) is 13.0. The molecule has 0 aliphatic rings. The van der Waals surface area contributed by atoms with Crippen molar-refractivity contribution >= 4 is 38.5 Å². The molecule has 0 spiro atoms. The van der Waals surface area contributed by atoms with Crippen molar-refractivity contribution in [2.75, 3.05) is 0 Å². The molecule has 0 aliphatic heterocycles. The van der Waals surface area contributed by atoms with Crippen LogP contribution >= 0.6 is 27.5 Å². The lowest BCUT2D eigenvalue weighted by molar-refractivity contribution is 0.599. The highest BCUT2D eigenvalue weighted by molar-refractivity contribution is 9.10. The molecule has 1 heterocycles. The lowest BCUT2D eigenvalue weighted by Crippen LogP contribution is -2.13. The van der Waals surface area contributed by atoms with Gasteiger partial charge in [-0.2, -0.15) is 0 Å². The topological polar surface area (TPSA) is 39.2 Å². The van der Waals surface area contributed by atoms with Gasteiger partial charge in [-0.1, -0.05) is 51.8 Å². The van der Waals surface area contributed by atoms with E-state index in [1.165, 1.54) is 0 Å². The second-order valence-corrected chi connectivity index (χ2v) is 6.06. The molecule has 0 fully saturated rings. The molecule has 0 amide bonds. The van der Waals surface area contributed by atoms with Crippen molar-refractivity contribution in [2.45, 2.75) is 12.5 Å². The molecular formula is C16H13BrClNO. The summed E-state index contributed by atoms with van der Waals surface area (Å²) < 4.78 is 6.50. The molecule has 4 heteroatoms. The van der Waals surface area contributed by atoms with Crippen LogP contribution in [0.25, 0.3) is 11.0 Å². The van der Waals surface area contributed by atoms with Gasteiger partial charge in [0.25, 0.3) is 0 Å². The highest BCUT2D eigenvalue weighted by atomic mass is 79.9. The van der Waals surface area contributed by atoms with Gasteiger partial charge in [0, 0.05) is 26.5 Å². The van der Waals surface area contributed by atoms with E-state index >= 15 is 0 Å². The number of fused-ring (bicyclic) bond motifs is 1. The van der Waals surface area contributed by atoms with Gasteiger partial charge in [0.05, 0.1) is 6.26 Å². The van der Waals surface area contributed by atoms with E-state index in [0.717, 1.165) is 31.6 Å². The Morgan fingerprint density at radius 2 is 2.00 bits per heavy atom. The molecule has 0 saturated carbocycles. The molecule has 3 rings (SSSR count). The Bertz CT molecular complexity index is 753. The maximum Gasteiger partial charge on any atom is 0.134 e. The second-order valence-electron chi connectivity index (χ2n) is 4.73. The Labute approximate surface area is 130 Å². The normalized spacial score (nSPS) is 12.8. The van der Waals surface area contributed by atoms with Crippen LogP contribution in [0.4, 0.5) is 0 Å². The van der Waals surface area contributed by atoms with Crippen molar-refractivity contribution in [3.8, 4) is 0 Å². The summed E-state index contributed by atoms with van der Waals surface area (Å²) >= 11 is 9.65. The smallest absolute Gasteiger partial charge is 0.134 e. The second kappa shape index (κ2) is 5.60. The van der Waals surface area contributed by atoms with Crippen molar-refractivity contribution in [1.29, 1.82) is 0 Å². The molecule has 1 unspecified atom stereocenters. The minimum absolute atomic E-state index is 0.141. The Morgan fingerprint density at radius 1 is 1.20 bits per heavy atom. The van der Waals surface area contributed by atoms with Gasteiger partial charge in [-0.05, 0) is 30.2 Å². The third-order valence-corrected chi connectivity index (χ3v) is 4.21. The molecule has 2 N–H and O–H groups in total. The Kier molecular flexibility index (Phi) is 3.83. The lowest BCUT2D eigenvalue weighted by atomic mass is 9.99. The van der Waals surface area contributed by atoms with E-state index < -0.39 is 0 Å². The predicted molar refractivity (Wildman–Crippen MR) is 86.0 cm³/mol. The minimum Gasteiger partial charge on any atom is -0.464 e. The van der Waals surface area contributed by atoms with E-state index in [4.69, 9.17) is 21.8 Å². The molecule has 0 bridgehead atoms. The molecular weight excluding hydrogens is 338 g/mol. The van der Waals surface area contributed by atoms with E-state index in [1.54, 1.807) is 6.26 Å². The maximum atomic E-state index is 6.31. The summed E-state index contributed by atoms with van der Waals surface area (Å²) in [5, 5.41) is 1.79. The third kappa shape index (κ3) is 2.62. The van der Waals surface area contributed by atoms with E-state index in [9.17, 15) is 0 Å². The summed E-state index contributed by atoms with van der Waals surface area (Å²) in [5.74, 6) is 0. The van der Waals surface area contributed by atoms with E-state index in [0.29, 0.717) is 6.42 Å². The molecule has 2 aromatic carbocycles. The number of nitrogens with two attached hydrogens (primary N) is 1. The van der Waals surface area contributed by atoms with Crippen LogP contribution in [0.1, 0.15) is 17.2 Å². The Hall–Kier alpha value is -1.29. The first-order valence-corrected chi connectivity index (χ1v) is 7.48. The van der Waals surface area contributed by atoms with E-state index in [1.807, 2.05) is 42.5 Å². The standard InChI is InChI=1S/C16H13BrClNO/c17-11-6-5-10(14(18)8-11)7-15(19)13-9-20-16-4-2-1-3-12(13)16/h1-6,8-9,15H,7,19H2. The largest absolute Gasteiger partial charge is 0.464 e. The van der Waals surface area contributed by atoms with Crippen LogP contribution in [-0.4, -0.2) is 0 Å². The first-order valence-electron chi connectivity index (χ1n) is 6.31. The summed E-state index contributed by atoms with van der Waals surface area (Å²) in [5.41, 5.74) is 9.22. The van der Waals surface area contributed by atoms with Crippen LogP contribution in [0.5, 0.6) is 0 Å². The Morgan fingerprint density at radius 3 is 2.80 bits per heavy atom. The number of benzene rings is 2. The monoisotopic (exact) mass is 349 g/mol. The van der Waals surface area contributed by atoms with Crippen molar-refractivity contribution < 1.29 is 4.42 Å². The molecule has 3 aromatic rings. The fourth-order valence-electron chi connectivity index (χ4n) is 2.32. The molecule has 1 aromatic heterocycles. The molecule has 1 atom stereocenters. The predicted octanol–water partition coefficient (Wildman–Crippen LogP) is 5.09. The third-order valence-electron chi connectivity index (χ3n) is 3.37. The number of furan rings is 1. The van der Waals surface area contributed by atoms with Gasteiger partial charge in [0.15, 0.2) is 0 Å². The average molecular weight is 351 g/mol. The zero-order valence-electron chi connectivity index (χ0n) is 10.6. The van der Waals surface area contributed by atoms with Gasteiger partial charge in [-0.15, -0.1) is 0 Å². The number of rotatable bonds is 3. The number of hydrogen-bond acceptors (Lipinski definition) is 2. The van der Waals surface area contributed by atoms with Gasteiger partial charge in [-0.3, -0.25) is 0 Å². The van der Waals surface area contributed by atoms with E-state index in [-0.39, 0.29) is 6.04 Å². The fourth-order valence-corrected chi connectivity index (χ4v) is 3.07. The van der Waals surface area contributed by atoms with E-state index in [2.05, 4.69) is 15.9 Å².